The Hall–Kier alpha value is -3.20. The summed E-state index contributed by atoms with van der Waals surface area (Å²) in [6, 6.07) is 13.6. The maximum atomic E-state index is 13.5. The first kappa shape index (κ1) is 18.6. The molecule has 3 aromatic rings. The van der Waals surface area contributed by atoms with Gasteiger partial charge in [-0.05, 0) is 13.0 Å². The van der Waals surface area contributed by atoms with Gasteiger partial charge in [-0.3, -0.25) is 4.79 Å². The number of ketones is 1. The predicted octanol–water partition coefficient (Wildman–Crippen LogP) is 2.86. The molecule has 3 rings (SSSR count). The number of Topliss-reactive ketones (excluding diaryl/α,β-unsaturated/α-hetero) is 1. The van der Waals surface area contributed by atoms with Crippen LogP contribution >= 0.6 is 11.8 Å². The number of nitrogen functional groups attached to an aromatic ring is 1. The molecule has 1 heterocycles. The predicted molar refractivity (Wildman–Crippen MR) is 104 cm³/mol. The minimum Gasteiger partial charge on any atom is -0.334 e. The number of rotatable bonds is 7. The summed E-state index contributed by atoms with van der Waals surface area (Å²) in [5.41, 5.74) is 4.65. The molecule has 27 heavy (non-hydrogen) atoms. The van der Waals surface area contributed by atoms with Crippen molar-refractivity contribution >= 4 is 29.7 Å². The summed E-state index contributed by atoms with van der Waals surface area (Å²) in [7, 11) is 0. The van der Waals surface area contributed by atoms with Crippen molar-refractivity contribution in [3.8, 4) is 0 Å². The quantitative estimate of drug-likeness (QED) is 0.214. The Balaban J connectivity index is 1.59. The smallest absolute Gasteiger partial charge is 0.264 e. The molecule has 9 heteroatoms. The van der Waals surface area contributed by atoms with Gasteiger partial charge in [0.05, 0.1) is 12.0 Å². The number of hydrazone groups is 1. The van der Waals surface area contributed by atoms with Gasteiger partial charge >= 0.3 is 0 Å². The van der Waals surface area contributed by atoms with E-state index in [2.05, 4.69) is 20.7 Å². The van der Waals surface area contributed by atoms with Crippen molar-refractivity contribution in [2.45, 2.75) is 12.1 Å². The van der Waals surface area contributed by atoms with Gasteiger partial charge in [-0.2, -0.15) is 5.10 Å². The lowest BCUT2D eigenvalue weighted by Crippen LogP contribution is -2.14. The van der Waals surface area contributed by atoms with Crippen molar-refractivity contribution in [3.63, 3.8) is 0 Å². The summed E-state index contributed by atoms with van der Waals surface area (Å²) in [4.78, 5) is 12.2. The number of anilines is 1. The third kappa shape index (κ3) is 4.70. The van der Waals surface area contributed by atoms with Crippen LogP contribution < -0.4 is 11.3 Å². The van der Waals surface area contributed by atoms with Crippen molar-refractivity contribution in [2.24, 2.45) is 5.10 Å². The number of carbonyl (C=O) groups is 1. The highest BCUT2D eigenvalue weighted by Crippen LogP contribution is 2.18. The van der Waals surface area contributed by atoms with Gasteiger partial charge in [-0.1, -0.05) is 59.8 Å². The standard InChI is InChI=1S/C18H17FN6OS/c1-12-6-8-13(9-7-12)16(26)11-27-18-24-23-17(25(18)20)22-21-10-14-4-2-3-5-15(14)19/h2-10H,11,20H2,1H3,(H,22,23)/b21-10+. The number of hydrogen-bond donors (Lipinski definition) is 2. The van der Waals surface area contributed by atoms with Crippen molar-refractivity contribution in [2.75, 3.05) is 17.0 Å². The lowest BCUT2D eigenvalue weighted by molar-refractivity contribution is 0.102. The van der Waals surface area contributed by atoms with E-state index in [4.69, 9.17) is 5.84 Å². The third-order valence-corrected chi connectivity index (χ3v) is 4.59. The summed E-state index contributed by atoms with van der Waals surface area (Å²) >= 11 is 1.17. The van der Waals surface area contributed by atoms with Gasteiger partial charge in [-0.15, -0.1) is 10.2 Å². The lowest BCUT2D eigenvalue weighted by Gasteiger charge is -2.03. The van der Waals surface area contributed by atoms with E-state index in [0.717, 1.165) is 5.56 Å². The number of halogens is 1. The number of aromatic nitrogens is 3. The summed E-state index contributed by atoms with van der Waals surface area (Å²) in [5, 5.41) is 12.1. The molecule has 0 spiro atoms. The Morgan fingerprint density at radius 2 is 2.00 bits per heavy atom. The maximum Gasteiger partial charge on any atom is 0.264 e. The first-order chi connectivity index (χ1) is 13.0. The average molecular weight is 384 g/mol. The van der Waals surface area contributed by atoms with Gasteiger partial charge in [0, 0.05) is 11.1 Å². The number of thioether (sulfide) groups is 1. The number of benzene rings is 2. The number of nitrogens with zero attached hydrogens (tertiary/aromatic N) is 4. The summed E-state index contributed by atoms with van der Waals surface area (Å²) < 4.78 is 14.7. The van der Waals surface area contributed by atoms with Gasteiger partial charge in [0.15, 0.2) is 5.78 Å². The Bertz CT molecular complexity index is 970. The van der Waals surface area contributed by atoms with E-state index < -0.39 is 0 Å². The van der Waals surface area contributed by atoms with E-state index in [0.29, 0.717) is 16.3 Å². The summed E-state index contributed by atoms with van der Waals surface area (Å²) in [6.45, 7) is 1.96. The second-order valence-corrected chi connectivity index (χ2v) is 6.59. The highest BCUT2D eigenvalue weighted by atomic mass is 32.2. The van der Waals surface area contributed by atoms with Gasteiger partial charge in [-0.25, -0.2) is 14.5 Å². The maximum absolute atomic E-state index is 13.5. The first-order valence-electron chi connectivity index (χ1n) is 8.01. The highest BCUT2D eigenvalue weighted by Gasteiger charge is 2.13. The SMILES string of the molecule is Cc1ccc(C(=O)CSc2nnc(N/N=C/c3ccccc3F)n2N)cc1. The molecule has 3 N–H and O–H groups in total. The molecule has 138 valence electrons. The minimum atomic E-state index is -0.386. The van der Waals surface area contributed by atoms with Crippen LogP contribution in [-0.4, -0.2) is 32.6 Å². The molecule has 0 amide bonds. The Morgan fingerprint density at radius 1 is 1.26 bits per heavy atom. The molecule has 0 atom stereocenters. The van der Waals surface area contributed by atoms with Crippen LogP contribution in [-0.2, 0) is 0 Å². The Labute approximate surface area is 159 Å². The molecule has 1 aromatic heterocycles. The van der Waals surface area contributed by atoms with Crippen LogP contribution in [0.15, 0.2) is 58.8 Å². The molecule has 2 aromatic carbocycles. The van der Waals surface area contributed by atoms with E-state index in [1.165, 1.54) is 28.7 Å². The third-order valence-electron chi connectivity index (χ3n) is 3.64. The molecule has 0 fully saturated rings. The fraction of sp³-hybridized carbons (Fsp3) is 0.111. The van der Waals surface area contributed by atoms with Crippen LogP contribution in [0.2, 0.25) is 0 Å². The number of nitrogens with two attached hydrogens (primary N) is 1. The fourth-order valence-electron chi connectivity index (χ4n) is 2.14. The van der Waals surface area contributed by atoms with Crippen molar-refractivity contribution in [3.05, 3.63) is 71.0 Å². The van der Waals surface area contributed by atoms with Crippen molar-refractivity contribution in [1.82, 2.24) is 14.9 Å². The Kier molecular flexibility index (Phi) is 5.82. The molecule has 0 aliphatic carbocycles. The summed E-state index contributed by atoms with van der Waals surface area (Å²) in [5.74, 6) is 5.84. The zero-order valence-electron chi connectivity index (χ0n) is 14.5. The molecule has 0 bridgehead atoms. The fourth-order valence-corrected chi connectivity index (χ4v) is 2.89. The largest absolute Gasteiger partial charge is 0.334 e. The first-order valence-corrected chi connectivity index (χ1v) is 9.00. The van der Waals surface area contributed by atoms with E-state index in [1.54, 1.807) is 30.3 Å². The minimum absolute atomic E-state index is 0.0323. The topological polar surface area (TPSA) is 98.2 Å². The van der Waals surface area contributed by atoms with Crippen LogP contribution in [0, 0.1) is 12.7 Å². The molecule has 0 aliphatic heterocycles. The zero-order chi connectivity index (χ0) is 19.2. The van der Waals surface area contributed by atoms with Crippen LogP contribution in [0.1, 0.15) is 21.5 Å². The second-order valence-electron chi connectivity index (χ2n) is 5.65. The lowest BCUT2D eigenvalue weighted by atomic mass is 10.1. The number of nitrogens with one attached hydrogen (secondary N) is 1. The highest BCUT2D eigenvalue weighted by molar-refractivity contribution is 7.99. The van der Waals surface area contributed by atoms with Gasteiger partial charge < -0.3 is 5.84 Å². The average Bonchev–Trinajstić information content (AvgIpc) is 3.02. The molecule has 0 unspecified atom stereocenters. The van der Waals surface area contributed by atoms with E-state index in [1.807, 2.05) is 19.1 Å². The van der Waals surface area contributed by atoms with Crippen LogP contribution in [0.25, 0.3) is 0 Å². The van der Waals surface area contributed by atoms with Gasteiger partial charge in [0.1, 0.15) is 5.82 Å². The van der Waals surface area contributed by atoms with E-state index >= 15 is 0 Å². The molecule has 0 saturated carbocycles. The Morgan fingerprint density at radius 3 is 2.74 bits per heavy atom. The van der Waals surface area contributed by atoms with Gasteiger partial charge in [0.2, 0.25) is 5.16 Å². The molecule has 0 radical (unpaired) electrons. The normalized spacial score (nSPS) is 11.0. The van der Waals surface area contributed by atoms with Crippen LogP contribution in [0.3, 0.4) is 0 Å². The van der Waals surface area contributed by atoms with Crippen LogP contribution in [0.4, 0.5) is 10.3 Å². The zero-order valence-corrected chi connectivity index (χ0v) is 15.3. The summed E-state index contributed by atoms with van der Waals surface area (Å²) in [6.07, 6.45) is 1.32. The molecular formula is C18H17FN6OS. The molecule has 7 nitrogen and oxygen atoms in total. The van der Waals surface area contributed by atoms with Crippen LogP contribution in [0.5, 0.6) is 0 Å². The number of carbonyl (C=O) groups excluding carboxylic acids is 1. The number of hydrogen-bond acceptors (Lipinski definition) is 7. The second kappa shape index (κ2) is 8.45. The van der Waals surface area contributed by atoms with Crippen molar-refractivity contribution < 1.29 is 9.18 Å². The molecule has 0 saturated heterocycles. The molecular weight excluding hydrogens is 367 g/mol. The molecule has 0 aliphatic rings. The monoisotopic (exact) mass is 384 g/mol. The van der Waals surface area contributed by atoms with Gasteiger partial charge in [0.25, 0.3) is 5.95 Å². The number of aryl methyl sites for hydroxylation is 1. The van der Waals surface area contributed by atoms with E-state index in [9.17, 15) is 9.18 Å². The van der Waals surface area contributed by atoms with Crippen molar-refractivity contribution in [1.29, 1.82) is 0 Å². The van der Waals surface area contributed by atoms with E-state index in [-0.39, 0.29) is 23.3 Å².